The van der Waals surface area contributed by atoms with E-state index in [2.05, 4.69) is 22.3 Å². The molecule has 3 rings (SSSR count). The van der Waals surface area contributed by atoms with E-state index in [4.69, 9.17) is 9.47 Å². The average Bonchev–Trinajstić information content (AvgIpc) is 3.23. The van der Waals surface area contributed by atoms with Crippen molar-refractivity contribution in [3.8, 4) is 11.5 Å². The van der Waals surface area contributed by atoms with Gasteiger partial charge in [-0.1, -0.05) is 18.2 Å². The first-order valence-electron chi connectivity index (χ1n) is 9.01. The molecule has 0 radical (unpaired) electrons. The van der Waals surface area contributed by atoms with Gasteiger partial charge in [0.1, 0.15) is 11.5 Å². The smallest absolute Gasteiger partial charge is 0.251 e. The van der Waals surface area contributed by atoms with Crippen molar-refractivity contribution < 1.29 is 14.3 Å². The summed E-state index contributed by atoms with van der Waals surface area (Å²) >= 11 is 0. The first-order chi connectivity index (χ1) is 12.7. The van der Waals surface area contributed by atoms with E-state index in [0.717, 1.165) is 18.8 Å². The highest BCUT2D eigenvalue weighted by atomic mass is 16.5. The minimum atomic E-state index is -0.0818. The number of hydrogen-bond donors (Lipinski definition) is 1. The van der Waals surface area contributed by atoms with Crippen LogP contribution in [0.1, 0.15) is 34.8 Å². The summed E-state index contributed by atoms with van der Waals surface area (Å²) in [6.07, 6.45) is 2.41. The lowest BCUT2D eigenvalue weighted by Crippen LogP contribution is -2.36. The molecule has 2 aromatic rings. The van der Waals surface area contributed by atoms with Crippen molar-refractivity contribution in [3.63, 3.8) is 0 Å². The minimum Gasteiger partial charge on any atom is -0.497 e. The van der Waals surface area contributed by atoms with Gasteiger partial charge < -0.3 is 14.8 Å². The summed E-state index contributed by atoms with van der Waals surface area (Å²) in [6.45, 7) is 2.69. The van der Waals surface area contributed by atoms with E-state index in [9.17, 15) is 4.79 Å². The van der Waals surface area contributed by atoms with Crippen LogP contribution in [0.3, 0.4) is 0 Å². The van der Waals surface area contributed by atoms with Crippen molar-refractivity contribution in [1.82, 2.24) is 10.2 Å². The van der Waals surface area contributed by atoms with Gasteiger partial charge in [0.2, 0.25) is 0 Å². The molecule has 0 aromatic heterocycles. The molecular weight excluding hydrogens is 328 g/mol. The Morgan fingerprint density at radius 2 is 1.73 bits per heavy atom. The predicted octanol–water partition coefficient (Wildman–Crippen LogP) is 3.27. The van der Waals surface area contributed by atoms with Gasteiger partial charge in [-0.3, -0.25) is 9.69 Å². The van der Waals surface area contributed by atoms with E-state index in [1.54, 1.807) is 26.4 Å². The highest BCUT2D eigenvalue weighted by molar-refractivity contribution is 5.94. The fraction of sp³-hybridized carbons (Fsp3) is 0.381. The lowest BCUT2D eigenvalue weighted by molar-refractivity contribution is 0.0937. The Balaban J connectivity index is 1.71. The summed E-state index contributed by atoms with van der Waals surface area (Å²) in [5.74, 6) is 1.44. The Labute approximate surface area is 154 Å². The maximum absolute atomic E-state index is 12.6. The molecule has 1 N–H and O–H groups in total. The van der Waals surface area contributed by atoms with Crippen LogP contribution in [-0.4, -0.2) is 44.7 Å². The fourth-order valence-corrected chi connectivity index (χ4v) is 3.39. The molecule has 138 valence electrons. The highest BCUT2D eigenvalue weighted by Gasteiger charge is 2.24. The molecule has 1 atom stereocenters. The van der Waals surface area contributed by atoms with Crippen molar-refractivity contribution >= 4 is 5.91 Å². The number of carbonyl (C=O) groups is 1. The molecule has 26 heavy (non-hydrogen) atoms. The van der Waals surface area contributed by atoms with Crippen molar-refractivity contribution in [1.29, 1.82) is 0 Å². The molecule has 0 spiro atoms. The third-order valence-corrected chi connectivity index (χ3v) is 4.87. The number of methoxy groups -OCH3 is 2. The molecule has 5 nitrogen and oxygen atoms in total. The van der Waals surface area contributed by atoms with Gasteiger partial charge in [-0.05, 0) is 61.8 Å². The maximum atomic E-state index is 12.6. The number of rotatable bonds is 7. The van der Waals surface area contributed by atoms with Crippen LogP contribution in [0.25, 0.3) is 0 Å². The minimum absolute atomic E-state index is 0.0818. The molecule has 1 aliphatic rings. The summed E-state index contributed by atoms with van der Waals surface area (Å²) in [5, 5.41) is 3.09. The third kappa shape index (κ3) is 4.35. The standard InChI is InChI=1S/C21H26N2O3/c1-25-18-10-8-16(9-11-18)20(23-12-3-4-13-23)15-22-21(24)17-6-5-7-19(14-17)26-2/h5-11,14,20H,3-4,12-13,15H2,1-2H3,(H,22,24)/t20-/m0/s1. The van der Waals surface area contributed by atoms with E-state index < -0.39 is 0 Å². The fourth-order valence-electron chi connectivity index (χ4n) is 3.39. The van der Waals surface area contributed by atoms with Gasteiger partial charge in [0.05, 0.1) is 20.3 Å². The lowest BCUT2D eigenvalue weighted by Gasteiger charge is -2.28. The molecule has 2 aromatic carbocycles. The van der Waals surface area contributed by atoms with E-state index in [1.165, 1.54) is 18.4 Å². The Morgan fingerprint density at radius 1 is 1.04 bits per heavy atom. The molecule has 0 unspecified atom stereocenters. The molecule has 1 heterocycles. The van der Waals surface area contributed by atoms with Gasteiger partial charge in [0.15, 0.2) is 0 Å². The zero-order valence-corrected chi connectivity index (χ0v) is 15.4. The summed E-state index contributed by atoms with van der Waals surface area (Å²) < 4.78 is 10.5. The highest BCUT2D eigenvalue weighted by Crippen LogP contribution is 2.26. The first-order valence-corrected chi connectivity index (χ1v) is 9.01. The molecule has 1 fully saturated rings. The Hall–Kier alpha value is -2.53. The van der Waals surface area contributed by atoms with Crippen LogP contribution in [0, 0.1) is 0 Å². The molecule has 5 heteroatoms. The van der Waals surface area contributed by atoms with Crippen LogP contribution in [0.5, 0.6) is 11.5 Å². The second kappa shape index (κ2) is 8.72. The van der Waals surface area contributed by atoms with Crippen LogP contribution in [0.15, 0.2) is 48.5 Å². The second-order valence-corrected chi connectivity index (χ2v) is 6.47. The number of benzene rings is 2. The molecular formula is C21H26N2O3. The first kappa shape index (κ1) is 18.3. The van der Waals surface area contributed by atoms with Crippen LogP contribution in [0.4, 0.5) is 0 Å². The number of hydrogen-bond acceptors (Lipinski definition) is 4. The molecule has 1 saturated heterocycles. The number of nitrogens with zero attached hydrogens (tertiary/aromatic N) is 1. The lowest BCUT2D eigenvalue weighted by atomic mass is 10.0. The Bertz CT molecular complexity index is 724. The van der Waals surface area contributed by atoms with Gasteiger partial charge in [0, 0.05) is 12.1 Å². The van der Waals surface area contributed by atoms with Crippen molar-refractivity contribution in [3.05, 3.63) is 59.7 Å². The summed E-state index contributed by atoms with van der Waals surface area (Å²) in [4.78, 5) is 15.0. The zero-order chi connectivity index (χ0) is 18.4. The summed E-state index contributed by atoms with van der Waals surface area (Å²) in [7, 11) is 3.27. The molecule has 0 saturated carbocycles. The van der Waals surface area contributed by atoms with Crippen molar-refractivity contribution in [2.45, 2.75) is 18.9 Å². The van der Waals surface area contributed by atoms with Crippen LogP contribution in [-0.2, 0) is 0 Å². The molecule has 1 amide bonds. The summed E-state index contributed by atoms with van der Waals surface area (Å²) in [5.41, 5.74) is 1.80. The molecule has 1 aliphatic heterocycles. The van der Waals surface area contributed by atoms with Crippen LogP contribution < -0.4 is 14.8 Å². The van der Waals surface area contributed by atoms with Crippen molar-refractivity contribution in [2.75, 3.05) is 33.9 Å². The Kier molecular flexibility index (Phi) is 6.12. The number of carbonyl (C=O) groups excluding carboxylic acids is 1. The van der Waals surface area contributed by atoms with Gasteiger partial charge in [0.25, 0.3) is 5.91 Å². The number of amides is 1. The van der Waals surface area contributed by atoms with Crippen LogP contribution in [0.2, 0.25) is 0 Å². The van der Waals surface area contributed by atoms with E-state index >= 15 is 0 Å². The van der Waals surface area contributed by atoms with Gasteiger partial charge in [-0.25, -0.2) is 0 Å². The van der Waals surface area contributed by atoms with E-state index in [-0.39, 0.29) is 11.9 Å². The largest absolute Gasteiger partial charge is 0.497 e. The average molecular weight is 354 g/mol. The number of nitrogens with one attached hydrogen (secondary N) is 1. The van der Waals surface area contributed by atoms with Crippen LogP contribution >= 0.6 is 0 Å². The van der Waals surface area contributed by atoms with Crippen molar-refractivity contribution in [2.24, 2.45) is 0 Å². The quantitative estimate of drug-likeness (QED) is 0.829. The van der Waals surface area contributed by atoms with E-state index in [1.807, 2.05) is 24.3 Å². The zero-order valence-electron chi connectivity index (χ0n) is 15.4. The second-order valence-electron chi connectivity index (χ2n) is 6.47. The molecule has 0 bridgehead atoms. The third-order valence-electron chi connectivity index (χ3n) is 4.87. The van der Waals surface area contributed by atoms with E-state index in [0.29, 0.717) is 17.9 Å². The monoisotopic (exact) mass is 354 g/mol. The number of likely N-dealkylation sites (tertiary alicyclic amines) is 1. The SMILES string of the molecule is COc1ccc([C@H](CNC(=O)c2cccc(OC)c2)N2CCCC2)cc1. The normalized spacial score (nSPS) is 15.5. The van der Waals surface area contributed by atoms with Gasteiger partial charge >= 0.3 is 0 Å². The maximum Gasteiger partial charge on any atom is 0.251 e. The molecule has 0 aliphatic carbocycles. The Morgan fingerprint density at radius 3 is 2.38 bits per heavy atom. The predicted molar refractivity (Wildman–Crippen MR) is 102 cm³/mol. The van der Waals surface area contributed by atoms with Gasteiger partial charge in [-0.2, -0.15) is 0 Å². The number of ether oxygens (including phenoxy) is 2. The van der Waals surface area contributed by atoms with Gasteiger partial charge in [-0.15, -0.1) is 0 Å². The topological polar surface area (TPSA) is 50.8 Å². The summed E-state index contributed by atoms with van der Waals surface area (Å²) in [6, 6.07) is 15.5.